The fraction of sp³-hybridized carbons (Fsp3) is 0.864. The first-order valence-corrected chi connectivity index (χ1v) is 10.1. The lowest BCUT2D eigenvalue weighted by atomic mass is 9.41. The molecule has 1 spiro atoms. The van der Waals surface area contributed by atoms with Gasteiger partial charge in [0.2, 0.25) is 0 Å². The van der Waals surface area contributed by atoms with Gasteiger partial charge in [-0.3, -0.25) is 4.79 Å². The van der Waals surface area contributed by atoms with Crippen LogP contribution in [0.15, 0.2) is 12.2 Å². The van der Waals surface area contributed by atoms with Gasteiger partial charge in [0.25, 0.3) is 0 Å². The van der Waals surface area contributed by atoms with Gasteiger partial charge in [-0.2, -0.15) is 0 Å². The Kier molecular flexibility index (Phi) is 3.72. The Bertz CT molecular complexity index is 566. The van der Waals surface area contributed by atoms with E-state index in [-0.39, 0.29) is 11.4 Å². The van der Waals surface area contributed by atoms with Gasteiger partial charge in [-0.25, -0.2) is 0 Å². The summed E-state index contributed by atoms with van der Waals surface area (Å²) in [6, 6.07) is 0. The average molecular weight is 331 g/mol. The first-order chi connectivity index (χ1) is 11.3. The Morgan fingerprint density at radius 1 is 1.17 bits per heavy atom. The second kappa shape index (κ2) is 5.35. The molecule has 0 aromatic rings. The van der Waals surface area contributed by atoms with E-state index in [2.05, 4.69) is 20.4 Å². The molecule has 0 aliphatic heterocycles. The van der Waals surface area contributed by atoms with Gasteiger partial charge in [0, 0.05) is 12.3 Å². The maximum Gasteiger partial charge on any atom is 0.302 e. The van der Waals surface area contributed by atoms with Crippen LogP contribution < -0.4 is 0 Å². The van der Waals surface area contributed by atoms with Gasteiger partial charge in [-0.05, 0) is 80.0 Å². The molecular formula is C22H34O2. The lowest BCUT2D eigenvalue weighted by molar-refractivity contribution is -0.172. The minimum atomic E-state index is -0.122. The van der Waals surface area contributed by atoms with Crippen LogP contribution in [0.3, 0.4) is 0 Å². The predicted octanol–water partition coefficient (Wildman–Crippen LogP) is 5.52. The van der Waals surface area contributed by atoms with Gasteiger partial charge in [0.1, 0.15) is 0 Å². The molecule has 0 amide bonds. The zero-order chi connectivity index (χ0) is 17.2. The van der Waals surface area contributed by atoms with Crippen LogP contribution in [0, 0.1) is 34.0 Å². The molecule has 2 bridgehead atoms. The van der Waals surface area contributed by atoms with Gasteiger partial charge in [0.05, 0.1) is 6.61 Å². The molecule has 0 heterocycles. The Hall–Kier alpha value is -0.790. The van der Waals surface area contributed by atoms with E-state index in [0.717, 1.165) is 11.8 Å². The molecule has 0 saturated heterocycles. The molecule has 4 aliphatic rings. The fourth-order valence-corrected chi connectivity index (χ4v) is 7.93. The molecule has 24 heavy (non-hydrogen) atoms. The minimum absolute atomic E-state index is 0.122. The summed E-state index contributed by atoms with van der Waals surface area (Å²) < 4.78 is 5.54. The van der Waals surface area contributed by atoms with Crippen molar-refractivity contribution in [2.75, 3.05) is 6.61 Å². The minimum Gasteiger partial charge on any atom is -0.465 e. The first kappa shape index (κ1) is 16.7. The molecule has 134 valence electrons. The number of hydrogen-bond acceptors (Lipinski definition) is 2. The molecule has 0 aromatic heterocycles. The van der Waals surface area contributed by atoms with Crippen molar-refractivity contribution in [3.05, 3.63) is 12.2 Å². The first-order valence-electron chi connectivity index (χ1n) is 10.1. The second-order valence-corrected chi connectivity index (χ2v) is 10.1. The third-order valence-corrected chi connectivity index (χ3v) is 8.79. The van der Waals surface area contributed by atoms with Gasteiger partial charge >= 0.3 is 5.97 Å². The van der Waals surface area contributed by atoms with Gasteiger partial charge in [0.15, 0.2) is 0 Å². The van der Waals surface area contributed by atoms with Crippen LogP contribution in [-0.4, -0.2) is 12.6 Å². The summed E-state index contributed by atoms with van der Waals surface area (Å²) in [5.41, 5.74) is 2.72. The Labute approximate surface area is 147 Å². The highest BCUT2D eigenvalue weighted by Gasteiger charge is 2.63. The summed E-state index contributed by atoms with van der Waals surface area (Å²) in [5.74, 6) is 2.26. The highest BCUT2D eigenvalue weighted by atomic mass is 16.5. The molecule has 4 fully saturated rings. The van der Waals surface area contributed by atoms with Crippen molar-refractivity contribution < 1.29 is 9.53 Å². The van der Waals surface area contributed by atoms with Crippen molar-refractivity contribution in [1.82, 2.24) is 0 Å². The molecular weight excluding hydrogens is 296 g/mol. The Morgan fingerprint density at radius 3 is 2.71 bits per heavy atom. The third-order valence-electron chi connectivity index (χ3n) is 8.79. The maximum absolute atomic E-state index is 11.4. The van der Waals surface area contributed by atoms with Crippen LogP contribution in [0.5, 0.6) is 0 Å². The standard InChI is InChI=1S/C22H34O2/c1-15-12-22-11-8-18-20(3,14-24-16(2)23)9-5-10-21(18,4)19(22)7-6-17(15)13-22/h17-19H,1,5-14H2,2-4H3/t17-,18-,19+,20-,21-,22-/m0/s1. The lowest BCUT2D eigenvalue weighted by Crippen LogP contribution is -2.57. The normalized spacial score (nSPS) is 50.1. The number of allylic oxidation sites excluding steroid dienone is 1. The number of esters is 1. The zero-order valence-electron chi connectivity index (χ0n) is 15.8. The average Bonchev–Trinajstić information content (AvgIpc) is 2.74. The van der Waals surface area contributed by atoms with Gasteiger partial charge in [-0.1, -0.05) is 32.4 Å². The summed E-state index contributed by atoms with van der Waals surface area (Å²) in [6.45, 7) is 11.6. The number of ether oxygens (including phenoxy) is 1. The summed E-state index contributed by atoms with van der Waals surface area (Å²) >= 11 is 0. The van der Waals surface area contributed by atoms with E-state index in [4.69, 9.17) is 4.74 Å². The second-order valence-electron chi connectivity index (χ2n) is 10.1. The van der Waals surface area contributed by atoms with E-state index in [1.165, 1.54) is 57.8 Å². The van der Waals surface area contributed by atoms with Crippen molar-refractivity contribution in [2.24, 2.45) is 34.0 Å². The number of carbonyl (C=O) groups is 1. The third kappa shape index (κ3) is 2.24. The van der Waals surface area contributed by atoms with E-state index in [1.54, 1.807) is 12.5 Å². The Morgan fingerprint density at radius 2 is 1.96 bits per heavy atom. The highest BCUT2D eigenvalue weighted by Crippen LogP contribution is 2.72. The smallest absolute Gasteiger partial charge is 0.302 e. The van der Waals surface area contributed by atoms with Crippen LogP contribution in [-0.2, 0) is 9.53 Å². The molecule has 4 rings (SSSR count). The van der Waals surface area contributed by atoms with Gasteiger partial charge < -0.3 is 4.74 Å². The molecule has 0 aromatic carbocycles. The number of hydrogen-bond donors (Lipinski definition) is 0. The van der Waals surface area contributed by atoms with Crippen LogP contribution >= 0.6 is 0 Å². The highest BCUT2D eigenvalue weighted by molar-refractivity contribution is 5.65. The number of carbonyl (C=O) groups excluding carboxylic acids is 1. The van der Waals surface area contributed by atoms with E-state index in [0.29, 0.717) is 23.4 Å². The van der Waals surface area contributed by atoms with Crippen LogP contribution in [0.25, 0.3) is 0 Å². The number of fused-ring (bicyclic) bond motifs is 3. The topological polar surface area (TPSA) is 26.3 Å². The van der Waals surface area contributed by atoms with Crippen molar-refractivity contribution in [1.29, 1.82) is 0 Å². The molecule has 4 saturated carbocycles. The predicted molar refractivity (Wildman–Crippen MR) is 96.4 cm³/mol. The monoisotopic (exact) mass is 330 g/mol. The summed E-state index contributed by atoms with van der Waals surface area (Å²) in [5, 5.41) is 0. The SMILES string of the molecule is C=C1C[C@]23CC[C@H]4[C@](C)(COC(C)=O)CCC[C@]4(C)[C@H]2CC[C@H]1C3. The van der Waals surface area contributed by atoms with E-state index in [9.17, 15) is 4.79 Å². The van der Waals surface area contributed by atoms with E-state index >= 15 is 0 Å². The van der Waals surface area contributed by atoms with Crippen LogP contribution in [0.2, 0.25) is 0 Å². The summed E-state index contributed by atoms with van der Waals surface area (Å²) in [6.07, 6.45) is 12.1. The van der Waals surface area contributed by atoms with Crippen molar-refractivity contribution in [3.63, 3.8) is 0 Å². The number of rotatable bonds is 2. The molecule has 2 heteroatoms. The summed E-state index contributed by atoms with van der Waals surface area (Å²) in [7, 11) is 0. The fourth-order valence-electron chi connectivity index (χ4n) is 7.93. The molecule has 0 unspecified atom stereocenters. The van der Waals surface area contributed by atoms with Crippen LogP contribution in [0.1, 0.15) is 78.6 Å². The molecule has 2 nitrogen and oxygen atoms in total. The lowest BCUT2D eigenvalue weighted by Gasteiger charge is -2.64. The van der Waals surface area contributed by atoms with Crippen molar-refractivity contribution in [2.45, 2.75) is 78.6 Å². The summed E-state index contributed by atoms with van der Waals surface area (Å²) in [4.78, 5) is 11.4. The quantitative estimate of drug-likeness (QED) is 0.492. The largest absolute Gasteiger partial charge is 0.465 e. The molecule has 0 N–H and O–H groups in total. The van der Waals surface area contributed by atoms with Gasteiger partial charge in [-0.15, -0.1) is 0 Å². The van der Waals surface area contributed by atoms with Crippen molar-refractivity contribution in [3.8, 4) is 0 Å². The molecule has 0 radical (unpaired) electrons. The van der Waals surface area contributed by atoms with Crippen LogP contribution in [0.4, 0.5) is 0 Å². The Balaban J connectivity index is 1.64. The van der Waals surface area contributed by atoms with E-state index < -0.39 is 0 Å². The van der Waals surface area contributed by atoms with E-state index in [1.807, 2.05) is 0 Å². The zero-order valence-corrected chi connectivity index (χ0v) is 15.8. The maximum atomic E-state index is 11.4. The molecule has 4 aliphatic carbocycles. The van der Waals surface area contributed by atoms with Crippen molar-refractivity contribution >= 4 is 5.97 Å². The molecule has 6 atom stereocenters.